The molecule has 9 heteroatoms. The number of rotatable bonds is 6. The lowest BCUT2D eigenvalue weighted by atomic mass is 9.95. The summed E-state index contributed by atoms with van der Waals surface area (Å²) in [5.41, 5.74) is 0.380. The summed E-state index contributed by atoms with van der Waals surface area (Å²) in [7, 11) is 0. The first-order chi connectivity index (χ1) is 11.5. The standard InChI is InChI=1S/C15H15ClF2N2O4/c1-2-23-13(21)11-9(7-16)19-15(22)20-12(11)8-5-3-4-6-10(8)24-14(17)18/h3-6,12,14H,2,7H2,1H3,(H2,19,20,22)/t12-/m0/s1. The van der Waals surface area contributed by atoms with Gasteiger partial charge in [-0.1, -0.05) is 18.2 Å². The van der Waals surface area contributed by atoms with Crippen molar-refractivity contribution >= 4 is 23.6 Å². The Morgan fingerprint density at radius 1 is 1.38 bits per heavy atom. The number of hydrogen-bond acceptors (Lipinski definition) is 4. The van der Waals surface area contributed by atoms with Crippen LogP contribution in [-0.4, -0.2) is 31.1 Å². The van der Waals surface area contributed by atoms with Crippen LogP contribution in [0.2, 0.25) is 0 Å². The van der Waals surface area contributed by atoms with E-state index in [9.17, 15) is 18.4 Å². The van der Waals surface area contributed by atoms with Crippen LogP contribution in [0.5, 0.6) is 5.75 Å². The SMILES string of the molecule is CCOC(=O)C1=C(CCl)NC(=O)N[C@H]1c1ccccc1OC(F)F. The highest BCUT2D eigenvalue weighted by Gasteiger charge is 2.35. The molecule has 2 rings (SSSR count). The number of amides is 2. The molecule has 0 radical (unpaired) electrons. The Morgan fingerprint density at radius 3 is 2.71 bits per heavy atom. The summed E-state index contributed by atoms with van der Waals surface area (Å²) in [6.45, 7) is -1.32. The van der Waals surface area contributed by atoms with E-state index >= 15 is 0 Å². The van der Waals surface area contributed by atoms with E-state index in [0.29, 0.717) is 0 Å². The van der Waals surface area contributed by atoms with Gasteiger partial charge in [0.25, 0.3) is 0 Å². The Balaban J connectivity index is 2.53. The van der Waals surface area contributed by atoms with Crippen molar-refractivity contribution in [1.29, 1.82) is 0 Å². The molecule has 0 fully saturated rings. The largest absolute Gasteiger partial charge is 0.463 e. The van der Waals surface area contributed by atoms with E-state index in [1.165, 1.54) is 18.2 Å². The molecule has 1 heterocycles. The third-order valence-electron chi connectivity index (χ3n) is 3.23. The normalized spacial score (nSPS) is 17.4. The number of hydrogen-bond donors (Lipinski definition) is 2. The minimum Gasteiger partial charge on any atom is -0.463 e. The summed E-state index contributed by atoms with van der Waals surface area (Å²) in [6, 6.07) is 4.22. The van der Waals surface area contributed by atoms with E-state index in [1.807, 2.05) is 0 Å². The number of halogens is 3. The molecule has 1 aliphatic rings. The summed E-state index contributed by atoms with van der Waals surface area (Å²) in [5.74, 6) is -1.02. The van der Waals surface area contributed by atoms with Gasteiger partial charge in [0.2, 0.25) is 0 Å². The number of allylic oxidation sites excluding steroid dienone is 1. The number of urea groups is 1. The van der Waals surface area contributed by atoms with Gasteiger partial charge >= 0.3 is 18.6 Å². The Bertz CT molecular complexity index is 667. The predicted molar refractivity (Wildman–Crippen MR) is 81.9 cm³/mol. The van der Waals surface area contributed by atoms with Crippen LogP contribution in [0, 0.1) is 0 Å². The Hall–Kier alpha value is -2.35. The van der Waals surface area contributed by atoms with Gasteiger partial charge in [-0.2, -0.15) is 8.78 Å². The van der Waals surface area contributed by atoms with Gasteiger partial charge in [-0.25, -0.2) is 9.59 Å². The van der Waals surface area contributed by atoms with Crippen LogP contribution in [0.15, 0.2) is 35.5 Å². The van der Waals surface area contributed by atoms with E-state index in [4.69, 9.17) is 16.3 Å². The monoisotopic (exact) mass is 360 g/mol. The fraction of sp³-hybridized carbons (Fsp3) is 0.333. The minimum atomic E-state index is -3.05. The molecule has 0 unspecified atom stereocenters. The van der Waals surface area contributed by atoms with Crippen molar-refractivity contribution in [1.82, 2.24) is 10.6 Å². The van der Waals surface area contributed by atoms with Crippen molar-refractivity contribution in [2.24, 2.45) is 0 Å². The number of esters is 1. The summed E-state index contributed by atoms with van der Waals surface area (Å²) in [6.07, 6.45) is 0. The Morgan fingerprint density at radius 2 is 2.08 bits per heavy atom. The molecule has 0 saturated carbocycles. The smallest absolute Gasteiger partial charge is 0.387 e. The molecule has 1 atom stereocenters. The van der Waals surface area contributed by atoms with Crippen LogP contribution < -0.4 is 15.4 Å². The lowest BCUT2D eigenvalue weighted by molar-refractivity contribution is -0.139. The highest BCUT2D eigenvalue weighted by atomic mass is 35.5. The van der Waals surface area contributed by atoms with E-state index < -0.39 is 24.7 Å². The molecule has 1 aromatic carbocycles. The first-order valence-electron chi connectivity index (χ1n) is 7.05. The van der Waals surface area contributed by atoms with Crippen molar-refractivity contribution in [3.8, 4) is 5.75 Å². The number of carbonyl (C=O) groups is 2. The lowest BCUT2D eigenvalue weighted by Gasteiger charge is -2.29. The summed E-state index contributed by atoms with van der Waals surface area (Å²) in [4.78, 5) is 24.1. The molecule has 2 N–H and O–H groups in total. The maximum atomic E-state index is 12.6. The maximum Gasteiger partial charge on any atom is 0.387 e. The van der Waals surface area contributed by atoms with Crippen LogP contribution >= 0.6 is 11.6 Å². The van der Waals surface area contributed by atoms with E-state index in [0.717, 1.165) is 0 Å². The van der Waals surface area contributed by atoms with Crippen LogP contribution in [0.25, 0.3) is 0 Å². The Kier molecular flexibility index (Phi) is 5.97. The number of nitrogens with one attached hydrogen (secondary N) is 2. The Labute approximate surface area is 141 Å². The average Bonchev–Trinajstić information content (AvgIpc) is 2.54. The van der Waals surface area contributed by atoms with Gasteiger partial charge in [-0.3, -0.25) is 0 Å². The van der Waals surface area contributed by atoms with E-state index in [1.54, 1.807) is 13.0 Å². The van der Waals surface area contributed by atoms with Crippen LogP contribution in [0.4, 0.5) is 13.6 Å². The highest BCUT2D eigenvalue weighted by molar-refractivity contribution is 6.20. The third kappa shape index (κ3) is 3.94. The molecular weight excluding hydrogens is 346 g/mol. The fourth-order valence-corrected chi connectivity index (χ4v) is 2.54. The van der Waals surface area contributed by atoms with Crippen LogP contribution in [-0.2, 0) is 9.53 Å². The second-order valence-corrected chi connectivity index (χ2v) is 4.96. The topological polar surface area (TPSA) is 76.7 Å². The van der Waals surface area contributed by atoms with Crippen molar-refractivity contribution in [2.75, 3.05) is 12.5 Å². The molecule has 1 aromatic rings. The molecule has 1 aliphatic heterocycles. The fourth-order valence-electron chi connectivity index (χ4n) is 2.33. The van der Waals surface area contributed by atoms with E-state index in [-0.39, 0.29) is 35.1 Å². The van der Waals surface area contributed by atoms with Gasteiger partial charge in [0.05, 0.1) is 24.1 Å². The van der Waals surface area contributed by atoms with Crippen molar-refractivity contribution in [3.05, 3.63) is 41.1 Å². The van der Waals surface area contributed by atoms with Gasteiger partial charge in [-0.05, 0) is 13.0 Å². The van der Waals surface area contributed by atoms with Gasteiger partial charge in [0, 0.05) is 11.3 Å². The summed E-state index contributed by atoms with van der Waals surface area (Å²) < 4.78 is 34.7. The molecular formula is C15H15ClF2N2O4. The molecule has 2 amide bonds. The zero-order valence-corrected chi connectivity index (χ0v) is 13.4. The summed E-state index contributed by atoms with van der Waals surface area (Å²) in [5, 5.41) is 4.93. The quantitative estimate of drug-likeness (QED) is 0.604. The first kappa shape index (κ1) is 18.0. The molecule has 0 bridgehead atoms. The third-order valence-corrected chi connectivity index (χ3v) is 3.50. The molecule has 0 aromatic heterocycles. The second-order valence-electron chi connectivity index (χ2n) is 4.69. The molecule has 0 saturated heterocycles. The number of alkyl halides is 3. The van der Waals surface area contributed by atoms with Crippen LogP contribution in [0.1, 0.15) is 18.5 Å². The van der Waals surface area contributed by atoms with Gasteiger partial charge in [0.15, 0.2) is 0 Å². The van der Waals surface area contributed by atoms with Crippen molar-refractivity contribution < 1.29 is 27.8 Å². The van der Waals surface area contributed by atoms with Crippen LogP contribution in [0.3, 0.4) is 0 Å². The molecule has 0 aliphatic carbocycles. The average molecular weight is 361 g/mol. The number of ether oxygens (including phenoxy) is 2. The van der Waals surface area contributed by atoms with Gasteiger partial charge in [-0.15, -0.1) is 11.6 Å². The lowest BCUT2D eigenvalue weighted by Crippen LogP contribution is -2.46. The number of carbonyl (C=O) groups excluding carboxylic acids is 2. The molecule has 130 valence electrons. The van der Waals surface area contributed by atoms with Gasteiger partial charge in [0.1, 0.15) is 5.75 Å². The predicted octanol–water partition coefficient (Wildman–Crippen LogP) is 2.70. The van der Waals surface area contributed by atoms with Crippen molar-refractivity contribution in [3.63, 3.8) is 0 Å². The zero-order valence-electron chi connectivity index (χ0n) is 12.6. The number of para-hydroxylation sites is 1. The molecule has 24 heavy (non-hydrogen) atoms. The summed E-state index contributed by atoms with van der Waals surface area (Å²) >= 11 is 5.80. The highest BCUT2D eigenvalue weighted by Crippen LogP contribution is 2.34. The van der Waals surface area contributed by atoms with Crippen molar-refractivity contribution in [2.45, 2.75) is 19.6 Å². The zero-order chi connectivity index (χ0) is 17.7. The maximum absolute atomic E-state index is 12.6. The number of benzene rings is 1. The van der Waals surface area contributed by atoms with E-state index in [2.05, 4.69) is 15.4 Å². The molecule has 6 nitrogen and oxygen atoms in total. The minimum absolute atomic E-state index is 0.0387. The second kappa shape index (κ2) is 7.96. The van der Waals surface area contributed by atoms with Gasteiger partial charge < -0.3 is 20.1 Å². The molecule has 0 spiro atoms. The first-order valence-corrected chi connectivity index (χ1v) is 7.58.